The van der Waals surface area contributed by atoms with Gasteiger partial charge in [0, 0.05) is 11.1 Å². The first-order chi connectivity index (χ1) is 13.8. The summed E-state index contributed by atoms with van der Waals surface area (Å²) in [4.78, 5) is 12.1. The van der Waals surface area contributed by atoms with Gasteiger partial charge in [0.25, 0.3) is 0 Å². The molecular formula is C26H24O3. The van der Waals surface area contributed by atoms with Crippen LogP contribution in [0, 0.1) is 0 Å². The molecule has 0 spiro atoms. The molecule has 0 heterocycles. The summed E-state index contributed by atoms with van der Waals surface area (Å²) in [6.07, 6.45) is 0. The largest absolute Gasteiger partial charge is 0.496 e. The molecule has 4 aromatic rings. The Bertz CT molecular complexity index is 1250. The number of ether oxygens (including phenoxy) is 1. The van der Waals surface area contributed by atoms with Crippen LogP contribution in [0.1, 0.15) is 36.7 Å². The monoisotopic (exact) mass is 384 g/mol. The average Bonchev–Trinajstić information content (AvgIpc) is 2.70. The first-order valence-electron chi connectivity index (χ1n) is 9.68. The van der Waals surface area contributed by atoms with Crippen LogP contribution in [-0.4, -0.2) is 18.2 Å². The number of carbonyl (C=O) groups is 1. The Hall–Kier alpha value is -3.33. The van der Waals surface area contributed by atoms with Gasteiger partial charge in [0.1, 0.15) is 5.75 Å². The zero-order valence-corrected chi connectivity index (χ0v) is 17.1. The van der Waals surface area contributed by atoms with Gasteiger partial charge in [0.15, 0.2) is 0 Å². The first kappa shape index (κ1) is 19.0. The molecular weight excluding hydrogens is 360 g/mol. The second-order valence-electron chi connectivity index (χ2n) is 8.34. The fourth-order valence-electron chi connectivity index (χ4n) is 3.92. The molecule has 0 unspecified atom stereocenters. The average molecular weight is 384 g/mol. The van der Waals surface area contributed by atoms with Crippen molar-refractivity contribution < 1.29 is 14.6 Å². The summed E-state index contributed by atoms with van der Waals surface area (Å²) in [7, 11) is 1.62. The van der Waals surface area contributed by atoms with E-state index < -0.39 is 5.97 Å². The van der Waals surface area contributed by atoms with Gasteiger partial charge >= 0.3 is 5.97 Å². The fraction of sp³-hybridized carbons (Fsp3) is 0.192. The van der Waals surface area contributed by atoms with E-state index in [9.17, 15) is 9.90 Å². The number of benzene rings is 4. The van der Waals surface area contributed by atoms with E-state index in [4.69, 9.17) is 4.74 Å². The third-order valence-corrected chi connectivity index (χ3v) is 5.48. The third kappa shape index (κ3) is 3.23. The van der Waals surface area contributed by atoms with Crippen molar-refractivity contribution in [2.24, 2.45) is 0 Å². The molecule has 0 radical (unpaired) electrons. The molecule has 0 bridgehead atoms. The second kappa shape index (κ2) is 6.93. The number of hydrogen-bond acceptors (Lipinski definition) is 2. The molecule has 0 atom stereocenters. The highest BCUT2D eigenvalue weighted by molar-refractivity contribution is 6.14. The lowest BCUT2D eigenvalue weighted by atomic mass is 9.84. The van der Waals surface area contributed by atoms with Crippen LogP contribution in [0.15, 0.2) is 66.7 Å². The van der Waals surface area contributed by atoms with Gasteiger partial charge in [-0.1, -0.05) is 75.4 Å². The van der Waals surface area contributed by atoms with Gasteiger partial charge in [-0.05, 0) is 44.7 Å². The molecule has 0 fully saturated rings. The fourth-order valence-corrected chi connectivity index (χ4v) is 3.92. The number of aromatic carboxylic acids is 1. The van der Waals surface area contributed by atoms with E-state index >= 15 is 0 Å². The van der Waals surface area contributed by atoms with E-state index in [1.807, 2.05) is 42.5 Å². The molecule has 4 aromatic carbocycles. The van der Waals surface area contributed by atoms with E-state index in [0.717, 1.165) is 27.1 Å². The number of hydrogen-bond donors (Lipinski definition) is 1. The Morgan fingerprint density at radius 1 is 0.828 bits per heavy atom. The van der Waals surface area contributed by atoms with Crippen LogP contribution < -0.4 is 4.74 Å². The number of fused-ring (bicyclic) bond motifs is 2. The minimum atomic E-state index is -0.948. The summed E-state index contributed by atoms with van der Waals surface area (Å²) < 4.78 is 5.70. The van der Waals surface area contributed by atoms with Crippen molar-refractivity contribution in [2.45, 2.75) is 26.2 Å². The Kier molecular flexibility index (Phi) is 4.54. The minimum Gasteiger partial charge on any atom is -0.496 e. The van der Waals surface area contributed by atoms with Gasteiger partial charge in [0.05, 0.1) is 12.7 Å². The molecule has 4 rings (SSSR count). The maximum absolute atomic E-state index is 12.1. The summed E-state index contributed by atoms with van der Waals surface area (Å²) in [5, 5.41) is 13.9. The Morgan fingerprint density at radius 2 is 1.52 bits per heavy atom. The van der Waals surface area contributed by atoms with Crippen molar-refractivity contribution >= 4 is 27.5 Å². The van der Waals surface area contributed by atoms with E-state index in [1.54, 1.807) is 13.2 Å². The number of carboxylic acid groups (broad SMARTS) is 1. The molecule has 3 nitrogen and oxygen atoms in total. The van der Waals surface area contributed by atoms with Gasteiger partial charge < -0.3 is 9.84 Å². The molecule has 0 aliphatic heterocycles. The smallest absolute Gasteiger partial charge is 0.336 e. The van der Waals surface area contributed by atoms with Crippen molar-refractivity contribution in [1.82, 2.24) is 0 Å². The SMILES string of the molecule is COc1ccc2cc(C(C)(C)C)ccc2c1-c1c(C(=O)O)ccc2ccccc12. The molecule has 3 heteroatoms. The zero-order chi connectivity index (χ0) is 20.8. The van der Waals surface area contributed by atoms with Crippen molar-refractivity contribution in [3.05, 3.63) is 77.9 Å². The first-order valence-corrected chi connectivity index (χ1v) is 9.68. The summed E-state index contributed by atoms with van der Waals surface area (Å²) in [5.41, 5.74) is 3.05. The lowest BCUT2D eigenvalue weighted by Gasteiger charge is -2.21. The molecule has 146 valence electrons. The van der Waals surface area contributed by atoms with E-state index in [0.29, 0.717) is 11.3 Å². The second-order valence-corrected chi connectivity index (χ2v) is 8.34. The Morgan fingerprint density at radius 3 is 2.21 bits per heavy atom. The predicted molar refractivity (Wildman–Crippen MR) is 119 cm³/mol. The lowest BCUT2D eigenvalue weighted by Crippen LogP contribution is -2.10. The molecule has 29 heavy (non-hydrogen) atoms. The molecule has 0 aliphatic rings. The van der Waals surface area contributed by atoms with Gasteiger partial charge in [-0.3, -0.25) is 0 Å². The van der Waals surface area contributed by atoms with Crippen LogP contribution in [0.4, 0.5) is 0 Å². The van der Waals surface area contributed by atoms with Gasteiger partial charge in [0.2, 0.25) is 0 Å². The standard InChI is InChI=1S/C26H24O3/c1-26(2,3)18-11-13-20-17(15-18)10-14-22(29-4)24(20)23-19-8-6-5-7-16(19)9-12-21(23)25(27)28/h5-15H,1-4H3,(H,27,28). The van der Waals surface area contributed by atoms with Gasteiger partial charge in [-0.2, -0.15) is 0 Å². The minimum absolute atomic E-state index is 0.0277. The maximum Gasteiger partial charge on any atom is 0.336 e. The summed E-state index contributed by atoms with van der Waals surface area (Å²) in [5.74, 6) is -0.281. The van der Waals surface area contributed by atoms with Crippen LogP contribution >= 0.6 is 0 Å². The summed E-state index contributed by atoms with van der Waals surface area (Å²) in [6, 6.07) is 21.8. The highest BCUT2D eigenvalue weighted by Gasteiger charge is 2.22. The van der Waals surface area contributed by atoms with Gasteiger partial charge in [-0.15, -0.1) is 0 Å². The molecule has 0 saturated heterocycles. The molecule has 1 N–H and O–H groups in total. The van der Waals surface area contributed by atoms with E-state index in [2.05, 4.69) is 39.0 Å². The normalized spacial score (nSPS) is 11.7. The summed E-state index contributed by atoms with van der Waals surface area (Å²) in [6.45, 7) is 6.56. The zero-order valence-electron chi connectivity index (χ0n) is 17.1. The Labute approximate surface area is 170 Å². The van der Waals surface area contributed by atoms with Crippen LogP contribution in [0.2, 0.25) is 0 Å². The van der Waals surface area contributed by atoms with Crippen molar-refractivity contribution in [2.75, 3.05) is 7.11 Å². The van der Waals surface area contributed by atoms with Gasteiger partial charge in [-0.25, -0.2) is 4.79 Å². The topological polar surface area (TPSA) is 46.5 Å². The molecule has 0 aliphatic carbocycles. The highest BCUT2D eigenvalue weighted by Crippen LogP contribution is 2.43. The van der Waals surface area contributed by atoms with E-state index in [1.165, 1.54) is 5.56 Å². The van der Waals surface area contributed by atoms with Crippen molar-refractivity contribution in [1.29, 1.82) is 0 Å². The molecule has 0 aromatic heterocycles. The predicted octanol–water partition coefficient (Wildman–Crippen LogP) is 6.66. The highest BCUT2D eigenvalue weighted by atomic mass is 16.5. The third-order valence-electron chi connectivity index (χ3n) is 5.48. The van der Waals surface area contributed by atoms with Crippen LogP contribution in [0.3, 0.4) is 0 Å². The molecule has 0 amide bonds. The number of rotatable bonds is 3. The van der Waals surface area contributed by atoms with Crippen molar-refractivity contribution in [3.63, 3.8) is 0 Å². The lowest BCUT2D eigenvalue weighted by molar-refractivity contribution is 0.0698. The number of methoxy groups -OCH3 is 1. The number of carboxylic acids is 1. The maximum atomic E-state index is 12.1. The quantitative estimate of drug-likeness (QED) is 0.429. The van der Waals surface area contributed by atoms with Crippen LogP contribution in [0.25, 0.3) is 32.7 Å². The van der Waals surface area contributed by atoms with Crippen LogP contribution in [-0.2, 0) is 5.41 Å². The summed E-state index contributed by atoms with van der Waals surface area (Å²) >= 11 is 0. The van der Waals surface area contributed by atoms with Crippen molar-refractivity contribution in [3.8, 4) is 16.9 Å². The van der Waals surface area contributed by atoms with Crippen LogP contribution in [0.5, 0.6) is 5.75 Å². The molecule has 0 saturated carbocycles. The van der Waals surface area contributed by atoms with E-state index in [-0.39, 0.29) is 11.0 Å². The Balaban J connectivity index is 2.16.